The van der Waals surface area contributed by atoms with Crippen molar-refractivity contribution in [2.75, 3.05) is 13.1 Å². The number of amides is 1. The Morgan fingerprint density at radius 2 is 1.54 bits per heavy atom. The summed E-state index contributed by atoms with van der Waals surface area (Å²) in [6, 6.07) is 13.3. The normalized spacial score (nSPS) is 16.8. The zero-order chi connectivity index (χ0) is 20.5. The van der Waals surface area contributed by atoms with Gasteiger partial charge in [-0.05, 0) is 63.4 Å². The third kappa shape index (κ3) is 4.08. The Balaban J connectivity index is 1.73. The van der Waals surface area contributed by atoms with E-state index in [1.807, 2.05) is 62.9 Å². The summed E-state index contributed by atoms with van der Waals surface area (Å²) in [6.07, 6.45) is 1.14. The molecular weight excluding hydrogens is 372 g/mol. The highest BCUT2D eigenvalue weighted by Gasteiger charge is 2.35. The van der Waals surface area contributed by atoms with E-state index >= 15 is 0 Å². The van der Waals surface area contributed by atoms with E-state index in [-0.39, 0.29) is 23.9 Å². The van der Waals surface area contributed by atoms with Gasteiger partial charge in [-0.15, -0.1) is 0 Å². The average molecular weight is 403 g/mol. The molecule has 0 aromatic heterocycles. The average Bonchev–Trinajstić information content (AvgIpc) is 2.67. The Hall–Kier alpha value is -1.92. The first-order valence-corrected chi connectivity index (χ1v) is 11.5. The number of piperidine rings is 1. The van der Waals surface area contributed by atoms with Crippen LogP contribution in [-0.2, 0) is 14.8 Å². The van der Waals surface area contributed by atoms with Crippen LogP contribution in [0.25, 0.3) is 10.8 Å². The lowest BCUT2D eigenvalue weighted by molar-refractivity contribution is -0.140. The Kier molecular flexibility index (Phi) is 6.10. The smallest absolute Gasteiger partial charge is 0.243 e. The molecule has 2 aromatic carbocycles. The fourth-order valence-electron chi connectivity index (χ4n) is 4.14. The van der Waals surface area contributed by atoms with E-state index in [4.69, 9.17) is 0 Å². The number of hydrogen-bond donors (Lipinski definition) is 0. The molecule has 0 saturated carbocycles. The van der Waals surface area contributed by atoms with E-state index in [0.29, 0.717) is 30.8 Å². The molecule has 5 nitrogen and oxygen atoms in total. The van der Waals surface area contributed by atoms with Crippen molar-refractivity contribution in [1.29, 1.82) is 0 Å². The Bertz CT molecular complexity index is 937. The third-order valence-corrected chi connectivity index (χ3v) is 7.42. The summed E-state index contributed by atoms with van der Waals surface area (Å²) in [5, 5.41) is 1.94. The molecule has 0 aliphatic carbocycles. The van der Waals surface area contributed by atoms with Crippen molar-refractivity contribution in [3.05, 3.63) is 42.5 Å². The van der Waals surface area contributed by atoms with Crippen LogP contribution in [0.2, 0.25) is 0 Å². The molecule has 1 aliphatic heterocycles. The van der Waals surface area contributed by atoms with Crippen molar-refractivity contribution < 1.29 is 13.2 Å². The molecule has 0 bridgehead atoms. The second kappa shape index (κ2) is 8.21. The Morgan fingerprint density at radius 3 is 2.11 bits per heavy atom. The van der Waals surface area contributed by atoms with E-state index in [1.54, 1.807) is 12.1 Å². The fourth-order valence-corrected chi connectivity index (χ4v) is 5.64. The summed E-state index contributed by atoms with van der Waals surface area (Å²) in [5.74, 6) is 0.0422. The molecule has 3 rings (SSSR count). The van der Waals surface area contributed by atoms with Crippen molar-refractivity contribution in [3.8, 4) is 0 Å². The van der Waals surface area contributed by atoms with Gasteiger partial charge in [-0.1, -0.05) is 30.3 Å². The van der Waals surface area contributed by atoms with Crippen molar-refractivity contribution in [2.24, 2.45) is 5.92 Å². The molecule has 1 heterocycles. The van der Waals surface area contributed by atoms with Gasteiger partial charge in [-0.3, -0.25) is 4.79 Å². The van der Waals surface area contributed by atoms with E-state index in [9.17, 15) is 13.2 Å². The zero-order valence-corrected chi connectivity index (χ0v) is 17.9. The topological polar surface area (TPSA) is 57.7 Å². The van der Waals surface area contributed by atoms with Crippen molar-refractivity contribution in [1.82, 2.24) is 9.21 Å². The number of benzene rings is 2. The van der Waals surface area contributed by atoms with E-state index in [2.05, 4.69) is 0 Å². The van der Waals surface area contributed by atoms with Crippen molar-refractivity contribution in [2.45, 2.75) is 57.5 Å². The number of sulfonamides is 1. The van der Waals surface area contributed by atoms with Crippen LogP contribution in [0.5, 0.6) is 0 Å². The standard InChI is InChI=1S/C22H30N2O3S/c1-16(2)24(17(3)4)22(25)19-11-13-23(14-12-19)28(26,27)21-10-9-18-7-5-6-8-20(18)15-21/h5-10,15-17,19H,11-14H2,1-4H3. The van der Waals surface area contributed by atoms with Crippen LogP contribution in [0.15, 0.2) is 47.4 Å². The fraction of sp³-hybridized carbons (Fsp3) is 0.500. The lowest BCUT2D eigenvalue weighted by atomic mass is 9.95. The van der Waals surface area contributed by atoms with Gasteiger partial charge in [0.2, 0.25) is 15.9 Å². The van der Waals surface area contributed by atoms with Gasteiger partial charge in [0.15, 0.2) is 0 Å². The van der Waals surface area contributed by atoms with E-state index in [1.165, 1.54) is 4.31 Å². The molecule has 0 atom stereocenters. The molecule has 0 unspecified atom stereocenters. The number of carbonyl (C=O) groups is 1. The lowest BCUT2D eigenvalue weighted by Crippen LogP contribution is -2.48. The number of rotatable bonds is 5. The first-order valence-electron chi connectivity index (χ1n) is 10.0. The summed E-state index contributed by atoms with van der Waals surface area (Å²) in [5.41, 5.74) is 0. The van der Waals surface area contributed by atoms with Crippen molar-refractivity contribution >= 4 is 26.7 Å². The maximum atomic E-state index is 13.1. The SMILES string of the molecule is CC(C)N(C(=O)C1CCN(S(=O)(=O)c2ccc3ccccc3c2)CC1)C(C)C. The molecule has 0 spiro atoms. The molecule has 6 heteroatoms. The molecule has 1 amide bonds. The molecular formula is C22H30N2O3S. The summed E-state index contributed by atoms with van der Waals surface area (Å²) >= 11 is 0. The molecule has 0 radical (unpaired) electrons. The van der Waals surface area contributed by atoms with Crippen LogP contribution in [-0.4, -0.2) is 48.7 Å². The molecule has 2 aromatic rings. The Labute approximate surface area is 168 Å². The molecule has 1 fully saturated rings. The number of fused-ring (bicyclic) bond motifs is 1. The highest BCUT2D eigenvalue weighted by atomic mass is 32.2. The van der Waals surface area contributed by atoms with Crippen LogP contribution in [0, 0.1) is 5.92 Å². The largest absolute Gasteiger partial charge is 0.338 e. The van der Waals surface area contributed by atoms with Crippen LogP contribution in [0.4, 0.5) is 0 Å². The number of carbonyl (C=O) groups excluding carboxylic acids is 1. The minimum atomic E-state index is -3.55. The number of nitrogens with zero attached hydrogens (tertiary/aromatic N) is 2. The molecule has 1 saturated heterocycles. The summed E-state index contributed by atoms with van der Waals surface area (Å²) in [6.45, 7) is 8.87. The molecule has 152 valence electrons. The van der Waals surface area contributed by atoms with Gasteiger partial charge in [-0.2, -0.15) is 4.31 Å². The maximum absolute atomic E-state index is 13.1. The van der Waals surface area contributed by atoms with Crippen LogP contribution < -0.4 is 0 Å². The number of hydrogen-bond acceptors (Lipinski definition) is 3. The monoisotopic (exact) mass is 402 g/mol. The predicted octanol–water partition coefficient (Wildman–Crippen LogP) is 3.89. The summed E-state index contributed by atoms with van der Waals surface area (Å²) < 4.78 is 27.7. The summed E-state index contributed by atoms with van der Waals surface area (Å²) in [7, 11) is -3.55. The van der Waals surface area contributed by atoms with Gasteiger partial charge in [0.05, 0.1) is 4.90 Å². The molecule has 1 aliphatic rings. The second-order valence-electron chi connectivity index (χ2n) is 8.12. The first-order chi connectivity index (χ1) is 13.2. The van der Waals surface area contributed by atoms with Gasteiger partial charge in [0.25, 0.3) is 0 Å². The van der Waals surface area contributed by atoms with Gasteiger partial charge in [0, 0.05) is 31.1 Å². The third-order valence-electron chi connectivity index (χ3n) is 5.53. The van der Waals surface area contributed by atoms with Gasteiger partial charge < -0.3 is 4.90 Å². The molecule has 28 heavy (non-hydrogen) atoms. The highest BCUT2D eigenvalue weighted by molar-refractivity contribution is 7.89. The highest BCUT2D eigenvalue weighted by Crippen LogP contribution is 2.28. The minimum Gasteiger partial charge on any atom is -0.338 e. The van der Waals surface area contributed by atoms with Crippen LogP contribution in [0.1, 0.15) is 40.5 Å². The van der Waals surface area contributed by atoms with E-state index in [0.717, 1.165) is 10.8 Å². The van der Waals surface area contributed by atoms with E-state index < -0.39 is 10.0 Å². The van der Waals surface area contributed by atoms with Crippen molar-refractivity contribution in [3.63, 3.8) is 0 Å². The predicted molar refractivity (Wildman–Crippen MR) is 113 cm³/mol. The van der Waals surface area contributed by atoms with Gasteiger partial charge >= 0.3 is 0 Å². The second-order valence-corrected chi connectivity index (χ2v) is 10.1. The molecule has 0 N–H and O–H groups in total. The lowest BCUT2D eigenvalue weighted by Gasteiger charge is -2.37. The van der Waals surface area contributed by atoms with Gasteiger partial charge in [0.1, 0.15) is 0 Å². The Morgan fingerprint density at radius 1 is 0.964 bits per heavy atom. The first kappa shape index (κ1) is 20.8. The van der Waals surface area contributed by atoms with Gasteiger partial charge in [-0.25, -0.2) is 8.42 Å². The van der Waals surface area contributed by atoms with Crippen LogP contribution in [0.3, 0.4) is 0 Å². The maximum Gasteiger partial charge on any atom is 0.243 e. The zero-order valence-electron chi connectivity index (χ0n) is 17.1. The van der Waals surface area contributed by atoms with Crippen LogP contribution >= 0.6 is 0 Å². The minimum absolute atomic E-state index is 0.104. The quantitative estimate of drug-likeness (QED) is 0.762. The summed E-state index contributed by atoms with van der Waals surface area (Å²) in [4.78, 5) is 15.1.